The van der Waals surface area contributed by atoms with E-state index >= 15 is 0 Å². The molecule has 0 bridgehead atoms. The van der Waals surface area contributed by atoms with Crippen LogP contribution in [0.25, 0.3) is 16.9 Å². The summed E-state index contributed by atoms with van der Waals surface area (Å²) in [6.07, 6.45) is 2.92. The number of hydrogen-bond acceptors (Lipinski definition) is 4. The summed E-state index contributed by atoms with van der Waals surface area (Å²) in [6, 6.07) is 7.91. The van der Waals surface area contributed by atoms with E-state index in [1.807, 2.05) is 35.4 Å². The van der Waals surface area contributed by atoms with Gasteiger partial charge < -0.3 is 14.0 Å². The summed E-state index contributed by atoms with van der Waals surface area (Å²) in [5.41, 5.74) is 3.56. The largest absolute Gasteiger partial charge is 0.378 e. The molecule has 0 unspecified atom stereocenters. The molecule has 124 valence electrons. The Morgan fingerprint density at radius 3 is 2.92 bits per heavy atom. The second-order valence-corrected chi connectivity index (χ2v) is 6.73. The Morgan fingerprint density at radius 2 is 2.17 bits per heavy atom. The summed E-state index contributed by atoms with van der Waals surface area (Å²) in [7, 11) is 0. The van der Waals surface area contributed by atoms with E-state index in [0.29, 0.717) is 26.3 Å². The van der Waals surface area contributed by atoms with Crippen LogP contribution in [-0.2, 0) is 11.2 Å². The Kier molecular flexibility index (Phi) is 4.08. The van der Waals surface area contributed by atoms with Gasteiger partial charge in [0.2, 0.25) is 0 Å². The lowest BCUT2D eigenvalue weighted by Crippen LogP contribution is -2.40. The molecule has 1 aliphatic rings. The maximum Gasteiger partial charge on any atom is 0.256 e. The van der Waals surface area contributed by atoms with E-state index < -0.39 is 0 Å². The Labute approximate surface area is 144 Å². The maximum atomic E-state index is 13.0. The fourth-order valence-corrected chi connectivity index (χ4v) is 3.79. The molecule has 1 aliphatic heterocycles. The standard InChI is InChI=1S/C18H19N3O2S/c1-2-17-19-14(12-24-17)16-11-13(15-5-3-4-6-21(15)16)18(22)20-7-9-23-10-8-20/h3-6,11-12H,2,7-10H2,1H3. The Balaban J connectivity index is 1.80. The fourth-order valence-electron chi connectivity index (χ4n) is 3.05. The molecule has 1 amide bonds. The number of aryl methyl sites for hydroxylation is 1. The van der Waals surface area contributed by atoms with Crippen molar-refractivity contribution in [3.05, 3.63) is 46.4 Å². The van der Waals surface area contributed by atoms with E-state index in [-0.39, 0.29) is 5.91 Å². The number of hydrogen-bond donors (Lipinski definition) is 0. The van der Waals surface area contributed by atoms with E-state index in [1.165, 1.54) is 0 Å². The molecule has 4 heterocycles. The third kappa shape index (κ3) is 2.61. The molecule has 0 radical (unpaired) electrons. The van der Waals surface area contributed by atoms with Gasteiger partial charge in [0.25, 0.3) is 5.91 Å². The number of nitrogens with zero attached hydrogens (tertiary/aromatic N) is 3. The molecule has 0 aromatic carbocycles. The first kappa shape index (κ1) is 15.4. The zero-order chi connectivity index (χ0) is 16.5. The molecule has 0 saturated carbocycles. The molecule has 5 nitrogen and oxygen atoms in total. The molecule has 4 rings (SSSR count). The predicted octanol–water partition coefficient (Wildman–Crippen LogP) is 3.10. The van der Waals surface area contributed by atoms with Crippen LogP contribution in [0.3, 0.4) is 0 Å². The monoisotopic (exact) mass is 341 g/mol. The van der Waals surface area contributed by atoms with E-state index in [9.17, 15) is 4.79 Å². The van der Waals surface area contributed by atoms with Crippen molar-refractivity contribution >= 4 is 22.8 Å². The van der Waals surface area contributed by atoms with Crippen LogP contribution in [0.1, 0.15) is 22.3 Å². The van der Waals surface area contributed by atoms with Crippen molar-refractivity contribution < 1.29 is 9.53 Å². The molecular weight excluding hydrogens is 322 g/mol. The van der Waals surface area contributed by atoms with Gasteiger partial charge in [-0.05, 0) is 24.6 Å². The quantitative estimate of drug-likeness (QED) is 0.735. The average Bonchev–Trinajstić information content (AvgIpc) is 3.26. The highest BCUT2D eigenvalue weighted by atomic mass is 32.1. The molecule has 24 heavy (non-hydrogen) atoms. The van der Waals surface area contributed by atoms with Crippen LogP contribution < -0.4 is 0 Å². The van der Waals surface area contributed by atoms with Crippen molar-refractivity contribution in [2.75, 3.05) is 26.3 Å². The summed E-state index contributed by atoms with van der Waals surface area (Å²) < 4.78 is 7.41. The number of amides is 1. The fraction of sp³-hybridized carbons (Fsp3) is 0.333. The summed E-state index contributed by atoms with van der Waals surface area (Å²) in [5, 5.41) is 3.17. The highest BCUT2D eigenvalue weighted by molar-refractivity contribution is 7.09. The van der Waals surface area contributed by atoms with Gasteiger partial charge in [-0.25, -0.2) is 4.98 Å². The summed E-state index contributed by atoms with van der Waals surface area (Å²) in [6.45, 7) is 4.61. The number of carbonyl (C=O) groups is 1. The number of morpholine rings is 1. The van der Waals surface area contributed by atoms with Gasteiger partial charge in [-0.2, -0.15) is 0 Å². The van der Waals surface area contributed by atoms with Gasteiger partial charge in [-0.3, -0.25) is 4.79 Å². The molecule has 6 heteroatoms. The Bertz CT molecular complexity index is 877. The van der Waals surface area contributed by atoms with Crippen molar-refractivity contribution in [1.29, 1.82) is 0 Å². The van der Waals surface area contributed by atoms with E-state index in [2.05, 4.69) is 21.7 Å². The van der Waals surface area contributed by atoms with Gasteiger partial charge in [0.1, 0.15) is 0 Å². The predicted molar refractivity (Wildman–Crippen MR) is 94.6 cm³/mol. The lowest BCUT2D eigenvalue weighted by molar-refractivity contribution is 0.0304. The van der Waals surface area contributed by atoms with Gasteiger partial charge in [0, 0.05) is 24.7 Å². The maximum absolute atomic E-state index is 13.0. The Hall–Kier alpha value is -2.18. The van der Waals surface area contributed by atoms with Crippen LogP contribution >= 0.6 is 11.3 Å². The van der Waals surface area contributed by atoms with Crippen molar-refractivity contribution in [2.24, 2.45) is 0 Å². The van der Waals surface area contributed by atoms with Gasteiger partial charge >= 0.3 is 0 Å². The molecule has 1 saturated heterocycles. The number of pyridine rings is 1. The number of rotatable bonds is 3. The SMILES string of the molecule is CCc1nc(-c2cc(C(=O)N3CCOCC3)c3ccccn23)cs1. The van der Waals surface area contributed by atoms with Crippen LogP contribution in [0.5, 0.6) is 0 Å². The number of fused-ring (bicyclic) bond motifs is 1. The number of ether oxygens (including phenoxy) is 1. The molecule has 3 aromatic rings. The number of carbonyl (C=O) groups excluding carboxylic acids is 1. The minimum absolute atomic E-state index is 0.0687. The summed E-state index contributed by atoms with van der Waals surface area (Å²) in [4.78, 5) is 19.5. The van der Waals surface area contributed by atoms with Crippen molar-refractivity contribution in [3.8, 4) is 11.4 Å². The van der Waals surface area contributed by atoms with E-state index in [4.69, 9.17) is 4.74 Å². The van der Waals surface area contributed by atoms with Crippen LogP contribution in [0.2, 0.25) is 0 Å². The van der Waals surface area contributed by atoms with Gasteiger partial charge in [0.15, 0.2) is 0 Å². The van der Waals surface area contributed by atoms with Crippen LogP contribution in [0, 0.1) is 0 Å². The molecule has 0 N–H and O–H groups in total. The first-order valence-electron chi connectivity index (χ1n) is 8.20. The first-order chi connectivity index (χ1) is 11.8. The first-order valence-corrected chi connectivity index (χ1v) is 9.08. The third-order valence-electron chi connectivity index (χ3n) is 4.32. The van der Waals surface area contributed by atoms with Crippen molar-refractivity contribution in [1.82, 2.24) is 14.3 Å². The highest BCUT2D eigenvalue weighted by Crippen LogP contribution is 2.28. The molecular formula is C18H19N3O2S. The molecule has 0 spiro atoms. The highest BCUT2D eigenvalue weighted by Gasteiger charge is 2.23. The second-order valence-electron chi connectivity index (χ2n) is 5.78. The molecule has 0 atom stereocenters. The van der Waals surface area contributed by atoms with Gasteiger partial charge in [0.05, 0.1) is 40.7 Å². The minimum atomic E-state index is 0.0687. The third-order valence-corrected chi connectivity index (χ3v) is 5.31. The molecule has 1 fully saturated rings. The lowest BCUT2D eigenvalue weighted by atomic mass is 10.2. The van der Waals surface area contributed by atoms with Gasteiger partial charge in [-0.1, -0.05) is 13.0 Å². The van der Waals surface area contributed by atoms with Gasteiger partial charge in [-0.15, -0.1) is 11.3 Å². The van der Waals surface area contributed by atoms with Crippen LogP contribution in [-0.4, -0.2) is 46.5 Å². The van der Waals surface area contributed by atoms with Crippen molar-refractivity contribution in [3.63, 3.8) is 0 Å². The van der Waals surface area contributed by atoms with Crippen LogP contribution in [0.15, 0.2) is 35.8 Å². The zero-order valence-corrected chi connectivity index (χ0v) is 14.4. The molecule has 3 aromatic heterocycles. The normalized spacial score (nSPS) is 15.1. The zero-order valence-electron chi connectivity index (χ0n) is 13.6. The average molecular weight is 341 g/mol. The van der Waals surface area contributed by atoms with Crippen LogP contribution in [0.4, 0.5) is 0 Å². The minimum Gasteiger partial charge on any atom is -0.378 e. The summed E-state index contributed by atoms with van der Waals surface area (Å²) in [5.74, 6) is 0.0687. The summed E-state index contributed by atoms with van der Waals surface area (Å²) >= 11 is 1.66. The van der Waals surface area contributed by atoms with E-state index in [0.717, 1.165) is 33.9 Å². The Morgan fingerprint density at radius 1 is 1.33 bits per heavy atom. The molecule has 0 aliphatic carbocycles. The topological polar surface area (TPSA) is 46.8 Å². The smallest absolute Gasteiger partial charge is 0.256 e. The van der Waals surface area contributed by atoms with Crippen molar-refractivity contribution in [2.45, 2.75) is 13.3 Å². The second kappa shape index (κ2) is 6.37. The number of thiazole rings is 1. The lowest BCUT2D eigenvalue weighted by Gasteiger charge is -2.26. The van der Waals surface area contributed by atoms with E-state index in [1.54, 1.807) is 11.3 Å². The number of aromatic nitrogens is 2.